The van der Waals surface area contributed by atoms with Crippen molar-refractivity contribution in [2.24, 2.45) is 0 Å². The summed E-state index contributed by atoms with van der Waals surface area (Å²) in [4.78, 5) is 12.9. The maximum Gasteiger partial charge on any atom is 0.412 e. The molecule has 2 N–H and O–H groups in total. The standard InChI is InChI=1S/C13H19NO4/c1-13(2,17)18-12(16)14(3)9-8-10-4-6-11(15)7-5-10/h4-7,15,17H,8-9H2,1-3H3. The average molecular weight is 253 g/mol. The summed E-state index contributed by atoms with van der Waals surface area (Å²) < 4.78 is 4.81. The molecule has 0 bridgehead atoms. The Kier molecular flexibility index (Phi) is 4.55. The third kappa shape index (κ3) is 5.05. The topological polar surface area (TPSA) is 70.0 Å². The van der Waals surface area contributed by atoms with E-state index in [-0.39, 0.29) is 5.75 Å². The molecule has 1 aromatic rings. The quantitative estimate of drug-likeness (QED) is 0.802. The molecule has 0 saturated heterocycles. The van der Waals surface area contributed by atoms with E-state index in [1.165, 1.54) is 18.7 Å². The minimum Gasteiger partial charge on any atom is -0.508 e. The van der Waals surface area contributed by atoms with Crippen molar-refractivity contribution in [3.63, 3.8) is 0 Å². The number of ether oxygens (including phenoxy) is 1. The second-order valence-electron chi connectivity index (χ2n) is 4.65. The van der Waals surface area contributed by atoms with Crippen LogP contribution in [0.5, 0.6) is 5.75 Å². The largest absolute Gasteiger partial charge is 0.508 e. The summed E-state index contributed by atoms with van der Waals surface area (Å²) in [6, 6.07) is 6.80. The van der Waals surface area contributed by atoms with E-state index >= 15 is 0 Å². The Hall–Kier alpha value is -1.75. The number of rotatable bonds is 4. The van der Waals surface area contributed by atoms with Crippen LogP contribution in [0.1, 0.15) is 19.4 Å². The number of hydrogen-bond donors (Lipinski definition) is 2. The number of likely N-dealkylation sites (N-methyl/N-ethyl adjacent to an activating group) is 1. The van der Waals surface area contributed by atoms with E-state index in [9.17, 15) is 9.90 Å². The molecule has 1 rings (SSSR count). The van der Waals surface area contributed by atoms with Gasteiger partial charge in [-0.15, -0.1) is 0 Å². The van der Waals surface area contributed by atoms with Crippen molar-refractivity contribution in [3.8, 4) is 5.75 Å². The molecule has 0 saturated carbocycles. The van der Waals surface area contributed by atoms with Crippen LogP contribution in [0.25, 0.3) is 0 Å². The second-order valence-corrected chi connectivity index (χ2v) is 4.65. The lowest BCUT2D eigenvalue weighted by Crippen LogP contribution is -2.36. The Morgan fingerprint density at radius 1 is 1.33 bits per heavy atom. The molecule has 0 heterocycles. The Balaban J connectivity index is 2.43. The first kappa shape index (κ1) is 14.3. The zero-order chi connectivity index (χ0) is 13.8. The Morgan fingerprint density at radius 3 is 2.39 bits per heavy atom. The van der Waals surface area contributed by atoms with E-state index in [1.807, 2.05) is 0 Å². The molecule has 0 spiro atoms. The van der Waals surface area contributed by atoms with Crippen molar-refractivity contribution in [1.29, 1.82) is 0 Å². The van der Waals surface area contributed by atoms with E-state index in [0.717, 1.165) is 5.56 Å². The lowest BCUT2D eigenvalue weighted by Gasteiger charge is -2.23. The molecule has 0 unspecified atom stereocenters. The Morgan fingerprint density at radius 2 is 1.89 bits per heavy atom. The van der Waals surface area contributed by atoms with Gasteiger partial charge in [0.1, 0.15) is 5.75 Å². The average Bonchev–Trinajstić information content (AvgIpc) is 2.25. The van der Waals surface area contributed by atoms with Gasteiger partial charge < -0.3 is 19.8 Å². The molecule has 5 heteroatoms. The van der Waals surface area contributed by atoms with Crippen LogP contribution in [0.2, 0.25) is 0 Å². The molecule has 0 fully saturated rings. The van der Waals surface area contributed by atoms with Gasteiger partial charge in [-0.3, -0.25) is 0 Å². The lowest BCUT2D eigenvalue weighted by molar-refractivity contribution is -0.138. The summed E-state index contributed by atoms with van der Waals surface area (Å²) in [5, 5.41) is 18.5. The number of carbonyl (C=O) groups excluding carboxylic acids is 1. The predicted molar refractivity (Wildman–Crippen MR) is 67.2 cm³/mol. The molecule has 0 aliphatic carbocycles. The molecule has 0 aromatic heterocycles. The normalized spacial score (nSPS) is 11.1. The van der Waals surface area contributed by atoms with Gasteiger partial charge >= 0.3 is 6.09 Å². The van der Waals surface area contributed by atoms with Gasteiger partial charge in [0.05, 0.1) is 0 Å². The number of aromatic hydroxyl groups is 1. The van der Waals surface area contributed by atoms with Gasteiger partial charge in [0.25, 0.3) is 0 Å². The molecule has 5 nitrogen and oxygen atoms in total. The lowest BCUT2D eigenvalue weighted by atomic mass is 10.1. The molecule has 1 aromatic carbocycles. The molecule has 0 aliphatic rings. The van der Waals surface area contributed by atoms with Gasteiger partial charge in [-0.05, 0) is 24.1 Å². The summed E-state index contributed by atoms with van der Waals surface area (Å²) in [5.41, 5.74) is 1.01. The number of amides is 1. The van der Waals surface area contributed by atoms with Crippen molar-refractivity contribution in [1.82, 2.24) is 4.90 Å². The predicted octanol–water partition coefficient (Wildman–Crippen LogP) is 1.73. The molecular weight excluding hydrogens is 234 g/mol. The minimum absolute atomic E-state index is 0.216. The maximum absolute atomic E-state index is 11.5. The zero-order valence-electron chi connectivity index (χ0n) is 10.9. The summed E-state index contributed by atoms with van der Waals surface area (Å²) in [6.45, 7) is 3.27. The fourth-order valence-corrected chi connectivity index (χ4v) is 1.34. The Labute approximate surface area is 107 Å². The van der Waals surface area contributed by atoms with Crippen LogP contribution < -0.4 is 0 Å². The van der Waals surface area contributed by atoms with Crippen molar-refractivity contribution in [3.05, 3.63) is 29.8 Å². The summed E-state index contributed by atoms with van der Waals surface area (Å²) in [5.74, 6) is -1.25. The van der Waals surface area contributed by atoms with Crippen LogP contribution in [0, 0.1) is 0 Å². The molecular formula is C13H19NO4. The fraction of sp³-hybridized carbons (Fsp3) is 0.462. The van der Waals surface area contributed by atoms with Crippen molar-refractivity contribution in [2.75, 3.05) is 13.6 Å². The number of phenolic OH excluding ortho intramolecular Hbond substituents is 1. The van der Waals surface area contributed by atoms with Crippen LogP contribution in [0.15, 0.2) is 24.3 Å². The molecule has 0 aliphatic heterocycles. The van der Waals surface area contributed by atoms with E-state index in [1.54, 1.807) is 31.3 Å². The monoisotopic (exact) mass is 253 g/mol. The zero-order valence-corrected chi connectivity index (χ0v) is 10.9. The van der Waals surface area contributed by atoms with Crippen LogP contribution in [-0.4, -0.2) is 40.6 Å². The SMILES string of the molecule is CN(CCc1ccc(O)cc1)C(=O)OC(C)(C)O. The van der Waals surface area contributed by atoms with Gasteiger partial charge in [0, 0.05) is 27.4 Å². The van der Waals surface area contributed by atoms with E-state index in [4.69, 9.17) is 9.84 Å². The van der Waals surface area contributed by atoms with Crippen molar-refractivity contribution in [2.45, 2.75) is 26.1 Å². The van der Waals surface area contributed by atoms with Gasteiger partial charge in [-0.2, -0.15) is 0 Å². The number of carbonyl (C=O) groups is 1. The highest BCUT2D eigenvalue weighted by Crippen LogP contribution is 2.11. The van der Waals surface area contributed by atoms with Crippen LogP contribution in [0.4, 0.5) is 4.79 Å². The number of phenols is 1. The van der Waals surface area contributed by atoms with Crippen molar-refractivity contribution < 1.29 is 19.7 Å². The molecule has 0 radical (unpaired) electrons. The highest BCUT2D eigenvalue weighted by atomic mass is 16.7. The second kappa shape index (κ2) is 5.73. The van der Waals surface area contributed by atoms with E-state index in [0.29, 0.717) is 13.0 Å². The van der Waals surface area contributed by atoms with Crippen LogP contribution >= 0.6 is 0 Å². The third-order valence-electron chi connectivity index (χ3n) is 2.32. The molecule has 0 atom stereocenters. The van der Waals surface area contributed by atoms with Crippen molar-refractivity contribution >= 4 is 6.09 Å². The maximum atomic E-state index is 11.5. The smallest absolute Gasteiger partial charge is 0.412 e. The third-order valence-corrected chi connectivity index (χ3v) is 2.32. The molecule has 1 amide bonds. The summed E-state index contributed by atoms with van der Waals surface area (Å²) in [7, 11) is 1.61. The summed E-state index contributed by atoms with van der Waals surface area (Å²) >= 11 is 0. The molecule has 18 heavy (non-hydrogen) atoms. The first-order chi connectivity index (χ1) is 8.28. The van der Waals surface area contributed by atoms with E-state index < -0.39 is 11.9 Å². The fourth-order valence-electron chi connectivity index (χ4n) is 1.34. The van der Waals surface area contributed by atoms with Crippen LogP contribution in [0.3, 0.4) is 0 Å². The van der Waals surface area contributed by atoms with Gasteiger partial charge in [0.2, 0.25) is 5.79 Å². The first-order valence-corrected chi connectivity index (χ1v) is 5.72. The van der Waals surface area contributed by atoms with E-state index in [2.05, 4.69) is 0 Å². The minimum atomic E-state index is -1.47. The van der Waals surface area contributed by atoms with Gasteiger partial charge in [0.15, 0.2) is 0 Å². The number of aliphatic hydroxyl groups is 1. The van der Waals surface area contributed by atoms with Crippen LogP contribution in [-0.2, 0) is 11.2 Å². The Bertz CT molecular complexity index is 394. The highest BCUT2D eigenvalue weighted by Gasteiger charge is 2.20. The molecule has 100 valence electrons. The highest BCUT2D eigenvalue weighted by molar-refractivity contribution is 5.67. The van der Waals surface area contributed by atoms with Gasteiger partial charge in [-0.1, -0.05) is 12.1 Å². The number of nitrogens with zero attached hydrogens (tertiary/aromatic N) is 1. The van der Waals surface area contributed by atoms with Gasteiger partial charge in [-0.25, -0.2) is 4.79 Å². The first-order valence-electron chi connectivity index (χ1n) is 5.72. The number of hydrogen-bond acceptors (Lipinski definition) is 4. The number of benzene rings is 1. The summed E-state index contributed by atoms with van der Waals surface area (Å²) in [6.07, 6.45) is 0.0823.